The van der Waals surface area contributed by atoms with E-state index in [1.54, 1.807) is 11.3 Å². The summed E-state index contributed by atoms with van der Waals surface area (Å²) in [5.74, 6) is 0. The average Bonchev–Trinajstić information content (AvgIpc) is 2.58. The van der Waals surface area contributed by atoms with Gasteiger partial charge in [-0.2, -0.15) is 0 Å². The van der Waals surface area contributed by atoms with E-state index in [0.717, 1.165) is 16.3 Å². The molecule has 3 nitrogen and oxygen atoms in total. The van der Waals surface area contributed by atoms with Crippen LogP contribution in [-0.2, 0) is 0 Å². The summed E-state index contributed by atoms with van der Waals surface area (Å²) in [6, 6.07) is 0. The molecule has 0 aliphatic carbocycles. The number of anilines is 1. The van der Waals surface area contributed by atoms with Gasteiger partial charge in [0.2, 0.25) is 0 Å². The quantitative estimate of drug-likeness (QED) is 0.762. The molecule has 0 saturated carbocycles. The molecule has 2 N–H and O–H groups in total. The topological polar surface area (TPSA) is 51.8 Å². The molecule has 0 fully saturated rings. The van der Waals surface area contributed by atoms with Crippen molar-refractivity contribution in [2.45, 2.75) is 6.92 Å². The van der Waals surface area contributed by atoms with Crippen LogP contribution in [0.3, 0.4) is 0 Å². The lowest BCUT2D eigenvalue weighted by atomic mass is 10.3. The van der Waals surface area contributed by atoms with Gasteiger partial charge >= 0.3 is 0 Å². The number of nitrogens with two attached hydrogens (primary N) is 1. The Morgan fingerprint density at radius 3 is 2.75 bits per heavy atom. The van der Waals surface area contributed by atoms with E-state index >= 15 is 0 Å². The van der Waals surface area contributed by atoms with Gasteiger partial charge in [-0.05, 0) is 6.92 Å². The van der Waals surface area contributed by atoms with E-state index in [0.29, 0.717) is 5.13 Å². The van der Waals surface area contributed by atoms with Crippen LogP contribution in [0.15, 0.2) is 10.9 Å². The van der Waals surface area contributed by atoms with E-state index < -0.39 is 0 Å². The summed E-state index contributed by atoms with van der Waals surface area (Å²) in [6.45, 7) is 1.97. The second-order valence-electron chi connectivity index (χ2n) is 2.34. The second-order valence-corrected chi connectivity index (χ2v) is 4.08. The Hall–Kier alpha value is -0.940. The summed E-state index contributed by atoms with van der Waals surface area (Å²) in [5.41, 5.74) is 9.31. The molecule has 2 aromatic rings. The number of aromatic nitrogens is 2. The first kappa shape index (κ1) is 7.70. The number of hydrogen-bond acceptors (Lipinski definition) is 5. The number of nitrogen functional groups attached to an aromatic ring is 1. The Morgan fingerprint density at radius 1 is 1.42 bits per heavy atom. The van der Waals surface area contributed by atoms with E-state index in [4.69, 9.17) is 5.73 Å². The normalized spacial score (nSPS) is 10.4. The number of aryl methyl sites for hydroxylation is 1. The Morgan fingerprint density at radius 2 is 2.25 bits per heavy atom. The predicted molar refractivity (Wildman–Crippen MR) is 52.4 cm³/mol. The number of nitrogens with zero attached hydrogens (tertiary/aromatic N) is 2. The van der Waals surface area contributed by atoms with Gasteiger partial charge in [-0.1, -0.05) is 0 Å². The Balaban J connectivity index is 2.50. The summed E-state index contributed by atoms with van der Waals surface area (Å²) >= 11 is 3.05. The van der Waals surface area contributed by atoms with Gasteiger partial charge in [0, 0.05) is 5.38 Å². The first-order valence-electron chi connectivity index (χ1n) is 3.39. The highest BCUT2D eigenvalue weighted by molar-refractivity contribution is 7.15. The van der Waals surface area contributed by atoms with Gasteiger partial charge in [0.15, 0.2) is 5.13 Å². The minimum atomic E-state index is 0.609. The molecule has 0 spiro atoms. The van der Waals surface area contributed by atoms with Crippen LogP contribution in [0.1, 0.15) is 5.69 Å². The maximum absolute atomic E-state index is 5.53. The third kappa shape index (κ3) is 1.21. The van der Waals surface area contributed by atoms with Gasteiger partial charge < -0.3 is 5.73 Å². The predicted octanol–water partition coefficient (Wildman–Crippen LogP) is 2.16. The maximum atomic E-state index is 5.53. The van der Waals surface area contributed by atoms with E-state index in [9.17, 15) is 0 Å². The van der Waals surface area contributed by atoms with Crippen molar-refractivity contribution >= 4 is 27.8 Å². The fourth-order valence-corrected chi connectivity index (χ4v) is 2.33. The van der Waals surface area contributed by atoms with Crippen molar-refractivity contribution in [3.05, 3.63) is 16.6 Å². The summed E-state index contributed by atoms with van der Waals surface area (Å²) in [6.07, 6.45) is 0. The molecule has 2 rings (SSSR count). The Bertz CT molecular complexity index is 391. The van der Waals surface area contributed by atoms with Gasteiger partial charge in [-0.15, -0.1) is 22.7 Å². The summed E-state index contributed by atoms with van der Waals surface area (Å²) in [5, 5.41) is 2.56. The van der Waals surface area contributed by atoms with Crippen molar-refractivity contribution in [1.82, 2.24) is 9.97 Å². The zero-order valence-electron chi connectivity index (χ0n) is 6.44. The lowest BCUT2D eigenvalue weighted by Crippen LogP contribution is -1.82. The van der Waals surface area contributed by atoms with E-state index in [1.807, 2.05) is 17.8 Å². The smallest absolute Gasteiger partial charge is 0.180 e. The van der Waals surface area contributed by atoms with E-state index in [2.05, 4.69) is 9.97 Å². The molecule has 62 valence electrons. The molecule has 0 unspecified atom stereocenters. The van der Waals surface area contributed by atoms with E-state index in [-0.39, 0.29) is 0 Å². The number of rotatable bonds is 1. The lowest BCUT2D eigenvalue weighted by Gasteiger charge is -1.89. The molecule has 5 heteroatoms. The van der Waals surface area contributed by atoms with Crippen LogP contribution in [0.5, 0.6) is 0 Å². The number of hydrogen-bond donors (Lipinski definition) is 1. The molecule has 0 atom stereocenters. The van der Waals surface area contributed by atoms with E-state index in [1.165, 1.54) is 11.3 Å². The van der Waals surface area contributed by atoms with Gasteiger partial charge in [0.25, 0.3) is 0 Å². The largest absolute Gasteiger partial charge is 0.375 e. The maximum Gasteiger partial charge on any atom is 0.180 e. The fourth-order valence-electron chi connectivity index (χ4n) is 0.940. The van der Waals surface area contributed by atoms with Crippen molar-refractivity contribution in [2.75, 3.05) is 5.73 Å². The van der Waals surface area contributed by atoms with Crippen molar-refractivity contribution in [2.24, 2.45) is 0 Å². The van der Waals surface area contributed by atoms with Crippen LogP contribution in [0.25, 0.3) is 10.6 Å². The van der Waals surface area contributed by atoms with Crippen LogP contribution < -0.4 is 5.73 Å². The van der Waals surface area contributed by atoms with Gasteiger partial charge in [0.05, 0.1) is 21.8 Å². The van der Waals surface area contributed by atoms with Crippen LogP contribution in [-0.4, -0.2) is 9.97 Å². The third-order valence-corrected chi connectivity index (χ3v) is 3.13. The zero-order chi connectivity index (χ0) is 8.55. The standard InChI is InChI=1S/C7H7N3S2/c1-4-6(12-3-9-4)5-2-11-7(8)10-5/h2-3H,1H3,(H2,8,10). The molecule has 0 bridgehead atoms. The first-order valence-corrected chi connectivity index (χ1v) is 5.15. The SMILES string of the molecule is Cc1ncsc1-c1csc(N)n1. The highest BCUT2D eigenvalue weighted by Gasteiger charge is 2.07. The average molecular weight is 197 g/mol. The molecule has 0 saturated heterocycles. The molecule has 0 radical (unpaired) electrons. The van der Waals surface area contributed by atoms with Crippen LogP contribution in [0.2, 0.25) is 0 Å². The lowest BCUT2D eigenvalue weighted by molar-refractivity contribution is 1.26. The zero-order valence-corrected chi connectivity index (χ0v) is 8.08. The van der Waals surface area contributed by atoms with Crippen LogP contribution in [0.4, 0.5) is 5.13 Å². The monoisotopic (exact) mass is 197 g/mol. The first-order chi connectivity index (χ1) is 5.77. The highest BCUT2D eigenvalue weighted by atomic mass is 32.1. The molecule has 2 heterocycles. The highest BCUT2D eigenvalue weighted by Crippen LogP contribution is 2.28. The summed E-state index contributed by atoms with van der Waals surface area (Å²) < 4.78 is 0. The Kier molecular flexibility index (Phi) is 1.82. The second kappa shape index (κ2) is 2.84. The van der Waals surface area contributed by atoms with Crippen LogP contribution in [0, 0.1) is 6.92 Å². The van der Waals surface area contributed by atoms with Gasteiger partial charge in [-0.3, -0.25) is 0 Å². The van der Waals surface area contributed by atoms with Crippen LogP contribution >= 0.6 is 22.7 Å². The van der Waals surface area contributed by atoms with Crippen molar-refractivity contribution in [3.63, 3.8) is 0 Å². The molecule has 0 aliphatic rings. The molecule has 0 amide bonds. The molecule has 0 aromatic carbocycles. The van der Waals surface area contributed by atoms with Crippen molar-refractivity contribution < 1.29 is 0 Å². The molecule has 12 heavy (non-hydrogen) atoms. The van der Waals surface area contributed by atoms with Gasteiger partial charge in [-0.25, -0.2) is 9.97 Å². The Labute approximate surface area is 77.9 Å². The fraction of sp³-hybridized carbons (Fsp3) is 0.143. The third-order valence-electron chi connectivity index (χ3n) is 1.50. The molecular weight excluding hydrogens is 190 g/mol. The summed E-state index contributed by atoms with van der Waals surface area (Å²) in [7, 11) is 0. The minimum absolute atomic E-state index is 0.609. The van der Waals surface area contributed by atoms with Gasteiger partial charge in [0.1, 0.15) is 0 Å². The molecule has 0 aliphatic heterocycles. The molecular formula is C7H7N3S2. The van der Waals surface area contributed by atoms with Crippen molar-refractivity contribution in [3.8, 4) is 10.6 Å². The van der Waals surface area contributed by atoms with Crippen molar-refractivity contribution in [1.29, 1.82) is 0 Å². The number of thiazole rings is 2. The molecule has 2 aromatic heterocycles. The summed E-state index contributed by atoms with van der Waals surface area (Å²) in [4.78, 5) is 9.44. The minimum Gasteiger partial charge on any atom is -0.375 e.